The second kappa shape index (κ2) is 11.4. The first-order valence-electron chi connectivity index (χ1n) is 13.9. The number of halogens is 1. The topological polar surface area (TPSA) is 47.6 Å². The smallest absolute Gasteiger partial charge is 0.252 e. The molecule has 194 valence electrons. The van der Waals surface area contributed by atoms with Crippen molar-refractivity contribution in [3.63, 3.8) is 0 Å². The van der Waals surface area contributed by atoms with E-state index in [4.69, 9.17) is 0 Å². The van der Waals surface area contributed by atoms with Crippen LogP contribution >= 0.6 is 0 Å². The van der Waals surface area contributed by atoms with Gasteiger partial charge in [0.05, 0.1) is 12.1 Å². The fraction of sp³-hybridized carbons (Fsp3) is 0.567. The van der Waals surface area contributed by atoms with Gasteiger partial charge in [0.2, 0.25) is 0 Å². The van der Waals surface area contributed by atoms with Crippen LogP contribution in [0.4, 0.5) is 4.39 Å². The van der Waals surface area contributed by atoms with Gasteiger partial charge in [-0.1, -0.05) is 74.9 Å². The van der Waals surface area contributed by atoms with Crippen molar-refractivity contribution < 1.29 is 9.18 Å². The van der Waals surface area contributed by atoms with Crippen LogP contribution in [-0.4, -0.2) is 47.9 Å². The molecule has 2 saturated heterocycles. The van der Waals surface area contributed by atoms with Gasteiger partial charge in [-0.3, -0.25) is 20.0 Å². The van der Waals surface area contributed by atoms with Gasteiger partial charge in [-0.05, 0) is 48.6 Å². The van der Waals surface area contributed by atoms with E-state index in [2.05, 4.69) is 51.0 Å². The number of piperazine rings is 1. The number of amides is 1. The molecule has 2 unspecified atom stereocenters. The molecule has 2 N–H and O–H groups in total. The molecule has 0 radical (unpaired) electrons. The van der Waals surface area contributed by atoms with Gasteiger partial charge in [-0.15, -0.1) is 0 Å². The Labute approximate surface area is 215 Å². The molecule has 5 nitrogen and oxygen atoms in total. The lowest BCUT2D eigenvalue weighted by atomic mass is 9.63. The highest BCUT2D eigenvalue weighted by Crippen LogP contribution is 2.50. The lowest BCUT2D eigenvalue weighted by Crippen LogP contribution is -2.69. The maximum absolute atomic E-state index is 13.6. The molecule has 1 spiro atoms. The van der Waals surface area contributed by atoms with Crippen LogP contribution in [0.5, 0.6) is 0 Å². The minimum atomic E-state index is -0.175. The molecule has 2 aromatic carbocycles. The summed E-state index contributed by atoms with van der Waals surface area (Å²) in [6.45, 7) is 6.40. The molecule has 5 rings (SSSR count). The minimum Gasteiger partial charge on any atom is -0.297 e. The zero-order valence-electron chi connectivity index (χ0n) is 21.6. The monoisotopic (exact) mass is 492 g/mol. The summed E-state index contributed by atoms with van der Waals surface area (Å²) in [5.41, 5.74) is 9.89. The number of nitrogens with zero attached hydrogens (tertiary/aromatic N) is 2. The van der Waals surface area contributed by atoms with Crippen molar-refractivity contribution in [2.24, 2.45) is 5.41 Å². The summed E-state index contributed by atoms with van der Waals surface area (Å²) in [6, 6.07) is 15.8. The summed E-state index contributed by atoms with van der Waals surface area (Å²) >= 11 is 0. The fourth-order valence-electron chi connectivity index (χ4n) is 6.92. The molecule has 0 bridgehead atoms. The SMILES string of the molecule is Cc1cc(F)ccc1CN1CCN(C2C(=O)NNC(c3ccccc3)C23CCCCCCCC3)CC1. The van der Waals surface area contributed by atoms with Crippen LogP contribution in [0.15, 0.2) is 48.5 Å². The molecule has 6 heteroatoms. The maximum Gasteiger partial charge on any atom is 0.252 e. The number of nitrogens with one attached hydrogen (secondary N) is 2. The third-order valence-corrected chi connectivity index (χ3v) is 8.85. The number of hydrogen-bond donors (Lipinski definition) is 2. The second-order valence-corrected chi connectivity index (χ2v) is 11.1. The Morgan fingerprint density at radius 3 is 2.25 bits per heavy atom. The molecule has 0 aromatic heterocycles. The summed E-state index contributed by atoms with van der Waals surface area (Å²) in [7, 11) is 0. The first-order valence-corrected chi connectivity index (χ1v) is 13.9. The van der Waals surface area contributed by atoms with Crippen LogP contribution in [-0.2, 0) is 11.3 Å². The van der Waals surface area contributed by atoms with E-state index in [1.165, 1.54) is 49.7 Å². The summed E-state index contributed by atoms with van der Waals surface area (Å²) in [5.74, 6) is -0.0458. The Bertz CT molecular complexity index is 1010. The predicted octanol–water partition coefficient (Wildman–Crippen LogP) is 5.12. The summed E-state index contributed by atoms with van der Waals surface area (Å²) in [6.07, 6.45) is 9.62. The number of hydrogen-bond acceptors (Lipinski definition) is 4. The van der Waals surface area contributed by atoms with Crippen molar-refractivity contribution in [1.82, 2.24) is 20.7 Å². The highest BCUT2D eigenvalue weighted by molar-refractivity contribution is 5.83. The molecule has 3 aliphatic rings. The zero-order chi connectivity index (χ0) is 25.0. The van der Waals surface area contributed by atoms with Gasteiger partial charge in [0, 0.05) is 38.1 Å². The zero-order valence-corrected chi connectivity index (χ0v) is 21.6. The van der Waals surface area contributed by atoms with Gasteiger partial charge >= 0.3 is 0 Å². The highest BCUT2D eigenvalue weighted by atomic mass is 19.1. The normalized spacial score (nSPS) is 26.1. The Hall–Kier alpha value is -2.28. The van der Waals surface area contributed by atoms with E-state index in [1.54, 1.807) is 12.1 Å². The van der Waals surface area contributed by atoms with Crippen molar-refractivity contribution in [3.05, 3.63) is 71.0 Å². The van der Waals surface area contributed by atoms with E-state index < -0.39 is 0 Å². The highest BCUT2D eigenvalue weighted by Gasteiger charge is 2.54. The number of benzene rings is 2. The van der Waals surface area contributed by atoms with Crippen molar-refractivity contribution in [2.75, 3.05) is 26.2 Å². The summed E-state index contributed by atoms with van der Waals surface area (Å²) < 4.78 is 13.6. The van der Waals surface area contributed by atoms with E-state index in [1.807, 2.05) is 13.0 Å². The Morgan fingerprint density at radius 2 is 1.58 bits per heavy atom. The number of rotatable bonds is 4. The Kier molecular flexibility index (Phi) is 8.04. The van der Waals surface area contributed by atoms with Crippen LogP contribution in [0.25, 0.3) is 0 Å². The van der Waals surface area contributed by atoms with Crippen molar-refractivity contribution in [3.8, 4) is 0 Å². The minimum absolute atomic E-state index is 0.111. The van der Waals surface area contributed by atoms with E-state index >= 15 is 0 Å². The Morgan fingerprint density at radius 1 is 0.917 bits per heavy atom. The third-order valence-electron chi connectivity index (χ3n) is 8.85. The number of carbonyl (C=O) groups is 1. The van der Waals surface area contributed by atoms with E-state index in [0.717, 1.165) is 51.1 Å². The molecule has 3 fully saturated rings. The van der Waals surface area contributed by atoms with Crippen molar-refractivity contribution in [1.29, 1.82) is 0 Å². The fourth-order valence-corrected chi connectivity index (χ4v) is 6.92. The van der Waals surface area contributed by atoms with Crippen LogP contribution < -0.4 is 10.9 Å². The lowest BCUT2D eigenvalue weighted by molar-refractivity contribution is -0.144. The van der Waals surface area contributed by atoms with Gasteiger partial charge in [0.25, 0.3) is 5.91 Å². The van der Waals surface area contributed by atoms with Gasteiger partial charge < -0.3 is 0 Å². The lowest BCUT2D eigenvalue weighted by Gasteiger charge is -2.54. The Balaban J connectivity index is 1.38. The molecule has 1 saturated carbocycles. The third kappa shape index (κ3) is 5.36. The van der Waals surface area contributed by atoms with E-state index in [9.17, 15) is 9.18 Å². The molecular formula is C30H41FN4O. The van der Waals surface area contributed by atoms with Crippen LogP contribution in [0.2, 0.25) is 0 Å². The molecule has 1 amide bonds. The van der Waals surface area contributed by atoms with E-state index in [0.29, 0.717) is 0 Å². The maximum atomic E-state index is 13.6. The van der Waals surface area contributed by atoms with Crippen LogP contribution in [0, 0.1) is 18.2 Å². The number of aryl methyl sites for hydroxylation is 1. The van der Waals surface area contributed by atoms with Crippen molar-refractivity contribution >= 4 is 5.91 Å². The molecule has 36 heavy (non-hydrogen) atoms. The largest absolute Gasteiger partial charge is 0.297 e. The van der Waals surface area contributed by atoms with E-state index in [-0.39, 0.29) is 29.2 Å². The van der Waals surface area contributed by atoms with Crippen LogP contribution in [0.1, 0.15) is 74.1 Å². The molecular weight excluding hydrogens is 451 g/mol. The first kappa shape index (κ1) is 25.4. The van der Waals surface area contributed by atoms with Gasteiger partial charge in [0.15, 0.2) is 0 Å². The molecule has 2 aliphatic heterocycles. The average Bonchev–Trinajstić information content (AvgIpc) is 3.00. The van der Waals surface area contributed by atoms with Gasteiger partial charge in [-0.2, -0.15) is 0 Å². The molecule has 2 heterocycles. The molecule has 2 aromatic rings. The molecule has 1 aliphatic carbocycles. The summed E-state index contributed by atoms with van der Waals surface area (Å²) in [4.78, 5) is 18.5. The van der Waals surface area contributed by atoms with Gasteiger partial charge in [-0.25, -0.2) is 9.82 Å². The van der Waals surface area contributed by atoms with Crippen LogP contribution in [0.3, 0.4) is 0 Å². The first-order chi connectivity index (χ1) is 17.6. The second-order valence-electron chi connectivity index (χ2n) is 11.1. The van der Waals surface area contributed by atoms with Gasteiger partial charge in [0.1, 0.15) is 5.82 Å². The number of carbonyl (C=O) groups excluding carboxylic acids is 1. The standard InChI is InChI=1S/C30H41FN4O/c1-23-21-26(31)14-13-25(23)22-34-17-19-35(20-18-34)28-29(36)33-32-27(24-11-7-6-8-12-24)30(28)15-9-4-2-3-5-10-16-30/h6-8,11-14,21,27-28,32H,2-5,9-10,15-20,22H2,1H3,(H,33,36). The average molecular weight is 493 g/mol. The molecule has 2 atom stereocenters. The predicted molar refractivity (Wildman–Crippen MR) is 142 cm³/mol. The summed E-state index contributed by atoms with van der Waals surface area (Å²) in [5, 5.41) is 0. The van der Waals surface area contributed by atoms with Crippen molar-refractivity contribution in [2.45, 2.75) is 76.9 Å². The number of hydrazine groups is 1. The quantitative estimate of drug-likeness (QED) is 0.622.